The Morgan fingerprint density at radius 2 is 2.25 bits per heavy atom. The summed E-state index contributed by atoms with van der Waals surface area (Å²) in [5.74, 6) is -0.434. The van der Waals surface area contributed by atoms with Gasteiger partial charge in [-0.25, -0.2) is 13.8 Å². The highest BCUT2D eigenvalue weighted by Crippen LogP contribution is 2.25. The van der Waals surface area contributed by atoms with Crippen LogP contribution in [0.2, 0.25) is 0 Å². The van der Waals surface area contributed by atoms with Gasteiger partial charge < -0.3 is 4.74 Å². The van der Waals surface area contributed by atoms with Gasteiger partial charge in [-0.15, -0.1) is 0 Å². The number of ether oxygens (including phenoxy) is 1. The Morgan fingerprint density at radius 3 is 2.75 bits per heavy atom. The first-order chi connectivity index (χ1) is 7.45. The summed E-state index contributed by atoms with van der Waals surface area (Å²) in [4.78, 5) is 15.0. The fourth-order valence-corrected chi connectivity index (χ4v) is 1.87. The van der Waals surface area contributed by atoms with Crippen molar-refractivity contribution in [3.8, 4) is 0 Å². The summed E-state index contributed by atoms with van der Waals surface area (Å²) in [6.45, 7) is 1.65. The van der Waals surface area contributed by atoms with E-state index in [1.807, 2.05) is 0 Å². The summed E-state index contributed by atoms with van der Waals surface area (Å²) < 4.78 is 29.8. The number of rotatable bonds is 3. The van der Waals surface area contributed by atoms with Gasteiger partial charge in [0.1, 0.15) is 3.70 Å². The maximum Gasteiger partial charge on any atom is 0.311 e. The molecule has 1 aromatic heterocycles. The highest BCUT2D eigenvalue weighted by atomic mass is 127. The minimum atomic E-state index is -2.55. The summed E-state index contributed by atoms with van der Waals surface area (Å²) in [5, 5.41) is 0. The van der Waals surface area contributed by atoms with Crippen molar-refractivity contribution in [1.29, 1.82) is 0 Å². The van der Waals surface area contributed by atoms with Crippen LogP contribution >= 0.6 is 22.6 Å². The highest BCUT2D eigenvalue weighted by Gasteiger charge is 2.16. The van der Waals surface area contributed by atoms with E-state index in [0.717, 1.165) is 0 Å². The number of aromatic nitrogens is 1. The molecule has 1 rings (SSSR count). The number of halogens is 3. The predicted octanol–water partition coefficient (Wildman–Crippen LogP) is 2.65. The minimum Gasteiger partial charge on any atom is -0.469 e. The lowest BCUT2D eigenvalue weighted by Crippen LogP contribution is -2.09. The van der Waals surface area contributed by atoms with Crippen molar-refractivity contribution in [2.24, 2.45) is 0 Å². The Labute approximate surface area is 105 Å². The fourth-order valence-electron chi connectivity index (χ4n) is 1.19. The van der Waals surface area contributed by atoms with E-state index in [1.54, 1.807) is 29.5 Å². The molecule has 6 heteroatoms. The van der Waals surface area contributed by atoms with Crippen LogP contribution in [-0.4, -0.2) is 18.1 Å². The molecular formula is C10H10F2INO2. The van der Waals surface area contributed by atoms with Gasteiger partial charge in [0.25, 0.3) is 6.43 Å². The fraction of sp³-hybridized carbons (Fsp3) is 0.400. The van der Waals surface area contributed by atoms with Crippen molar-refractivity contribution < 1.29 is 18.3 Å². The van der Waals surface area contributed by atoms with E-state index >= 15 is 0 Å². The van der Waals surface area contributed by atoms with E-state index in [1.165, 1.54) is 13.2 Å². The minimum absolute atomic E-state index is 0.00184. The van der Waals surface area contributed by atoms with E-state index < -0.39 is 12.4 Å². The van der Waals surface area contributed by atoms with Crippen LogP contribution in [0.1, 0.15) is 23.2 Å². The number of aryl methyl sites for hydroxylation is 1. The van der Waals surface area contributed by atoms with Gasteiger partial charge in [0.15, 0.2) is 0 Å². The molecule has 0 aromatic carbocycles. The molecule has 88 valence electrons. The van der Waals surface area contributed by atoms with Crippen molar-refractivity contribution in [1.82, 2.24) is 4.98 Å². The van der Waals surface area contributed by atoms with Crippen LogP contribution in [0.5, 0.6) is 0 Å². The number of hydrogen-bond acceptors (Lipinski definition) is 3. The summed E-state index contributed by atoms with van der Waals surface area (Å²) in [6.07, 6.45) is -2.55. The lowest BCUT2D eigenvalue weighted by molar-refractivity contribution is -0.139. The van der Waals surface area contributed by atoms with Gasteiger partial charge in [-0.05, 0) is 41.1 Å². The topological polar surface area (TPSA) is 39.2 Å². The number of pyridine rings is 1. The zero-order valence-corrected chi connectivity index (χ0v) is 10.9. The summed E-state index contributed by atoms with van der Waals surface area (Å²) >= 11 is 1.73. The molecule has 0 saturated carbocycles. The molecule has 0 N–H and O–H groups in total. The van der Waals surface area contributed by atoms with Crippen molar-refractivity contribution >= 4 is 28.6 Å². The van der Waals surface area contributed by atoms with Gasteiger partial charge >= 0.3 is 5.97 Å². The first kappa shape index (κ1) is 13.3. The maximum atomic E-state index is 12.5. The summed E-state index contributed by atoms with van der Waals surface area (Å²) in [6, 6.07) is 1.36. The molecule has 3 nitrogen and oxygen atoms in total. The zero-order valence-electron chi connectivity index (χ0n) is 8.76. The van der Waals surface area contributed by atoms with Crippen LogP contribution in [-0.2, 0) is 16.0 Å². The Balaban J connectivity index is 3.05. The van der Waals surface area contributed by atoms with Gasteiger partial charge in [0.2, 0.25) is 0 Å². The standard InChI is InChI=1S/C10H10F2INO2/c1-5-3-6(9(11)12)10(13)14-7(5)4-8(15)16-2/h3,9H,4H2,1-2H3. The molecular weight excluding hydrogens is 331 g/mol. The van der Waals surface area contributed by atoms with Gasteiger partial charge in [-0.3, -0.25) is 4.79 Å². The largest absolute Gasteiger partial charge is 0.469 e. The van der Waals surface area contributed by atoms with Gasteiger partial charge in [0.05, 0.1) is 19.2 Å². The quantitative estimate of drug-likeness (QED) is 0.482. The summed E-state index contributed by atoms with van der Waals surface area (Å²) in [5.41, 5.74) is 0.938. The van der Waals surface area contributed by atoms with Crippen LogP contribution < -0.4 is 0 Å². The van der Waals surface area contributed by atoms with Crippen molar-refractivity contribution in [2.45, 2.75) is 19.8 Å². The molecule has 0 bridgehead atoms. The third-order valence-electron chi connectivity index (χ3n) is 2.07. The van der Waals surface area contributed by atoms with E-state index in [9.17, 15) is 13.6 Å². The molecule has 0 saturated heterocycles. The number of nitrogens with zero attached hydrogens (tertiary/aromatic N) is 1. The van der Waals surface area contributed by atoms with Crippen LogP contribution in [0.15, 0.2) is 6.07 Å². The lowest BCUT2D eigenvalue weighted by atomic mass is 10.1. The molecule has 0 spiro atoms. The van der Waals surface area contributed by atoms with Crippen LogP contribution in [0.25, 0.3) is 0 Å². The SMILES string of the molecule is COC(=O)Cc1nc(I)c(C(F)F)cc1C. The Kier molecular flexibility index (Phi) is 4.57. The van der Waals surface area contributed by atoms with Gasteiger partial charge in [0, 0.05) is 5.56 Å². The first-order valence-corrected chi connectivity index (χ1v) is 5.54. The lowest BCUT2D eigenvalue weighted by Gasteiger charge is -2.08. The maximum absolute atomic E-state index is 12.5. The van der Waals surface area contributed by atoms with Crippen molar-refractivity contribution in [3.63, 3.8) is 0 Å². The Hall–Kier alpha value is -0.790. The highest BCUT2D eigenvalue weighted by molar-refractivity contribution is 14.1. The van der Waals surface area contributed by atoms with Crippen molar-refractivity contribution in [2.75, 3.05) is 7.11 Å². The molecule has 0 aliphatic rings. The average Bonchev–Trinajstić information content (AvgIpc) is 2.22. The second-order valence-electron chi connectivity index (χ2n) is 3.19. The number of methoxy groups -OCH3 is 1. The summed E-state index contributed by atoms with van der Waals surface area (Å²) in [7, 11) is 1.27. The monoisotopic (exact) mass is 341 g/mol. The molecule has 0 amide bonds. The van der Waals surface area contributed by atoms with Crippen LogP contribution in [0.4, 0.5) is 8.78 Å². The molecule has 0 aliphatic carbocycles. The number of carbonyl (C=O) groups excluding carboxylic acids is 1. The number of hydrogen-bond donors (Lipinski definition) is 0. The third kappa shape index (κ3) is 3.10. The molecule has 0 aliphatic heterocycles. The Morgan fingerprint density at radius 1 is 1.62 bits per heavy atom. The number of esters is 1. The van der Waals surface area contributed by atoms with Gasteiger partial charge in [-0.2, -0.15) is 0 Å². The van der Waals surface area contributed by atoms with Crippen LogP contribution in [0, 0.1) is 10.6 Å². The first-order valence-electron chi connectivity index (χ1n) is 4.46. The molecule has 1 aromatic rings. The predicted molar refractivity (Wildman–Crippen MR) is 62.4 cm³/mol. The smallest absolute Gasteiger partial charge is 0.311 e. The van der Waals surface area contributed by atoms with E-state index in [2.05, 4.69) is 9.72 Å². The Bertz CT molecular complexity index is 410. The second kappa shape index (κ2) is 5.51. The average molecular weight is 341 g/mol. The van der Waals surface area contributed by atoms with Crippen molar-refractivity contribution in [3.05, 3.63) is 26.6 Å². The molecule has 0 radical (unpaired) electrons. The number of alkyl halides is 2. The molecule has 0 fully saturated rings. The van der Waals surface area contributed by atoms with E-state index in [0.29, 0.717) is 11.3 Å². The second-order valence-corrected chi connectivity index (χ2v) is 4.21. The molecule has 0 unspecified atom stereocenters. The molecule has 16 heavy (non-hydrogen) atoms. The van der Waals surface area contributed by atoms with E-state index in [4.69, 9.17) is 0 Å². The third-order valence-corrected chi connectivity index (χ3v) is 2.94. The molecule has 0 atom stereocenters. The van der Waals surface area contributed by atoms with E-state index in [-0.39, 0.29) is 15.7 Å². The van der Waals surface area contributed by atoms with Gasteiger partial charge in [-0.1, -0.05) is 0 Å². The molecule has 1 heterocycles. The zero-order chi connectivity index (χ0) is 12.3. The normalized spacial score (nSPS) is 10.6. The van der Waals surface area contributed by atoms with Crippen LogP contribution in [0.3, 0.4) is 0 Å². The number of carbonyl (C=O) groups is 1.